The van der Waals surface area contributed by atoms with E-state index in [2.05, 4.69) is 17.0 Å². The van der Waals surface area contributed by atoms with Gasteiger partial charge in [0.15, 0.2) is 0 Å². The molecule has 2 fully saturated rings. The molecular weight excluding hydrogens is 340 g/mol. The molecular formula is C22H32N2O3. The molecule has 0 aromatic heterocycles. The summed E-state index contributed by atoms with van der Waals surface area (Å²) in [6.07, 6.45) is 5.70. The third-order valence-corrected chi connectivity index (χ3v) is 6.34. The molecule has 1 atom stereocenters. The standard InChI is InChI=1S/C22H32N2O3/c1-23-17-22(16-19(21(23)26)18-8-4-3-5-9-18)11-14-24(15-12-22)13-7-6-10-20(25)27-2/h3-5,8-9,19H,6-7,10-17H2,1-2H3/t19-/m1/s1. The van der Waals surface area contributed by atoms with Gasteiger partial charge in [-0.25, -0.2) is 0 Å². The number of likely N-dealkylation sites (N-methyl/N-ethyl adjacent to an activating group) is 1. The second-order valence-electron chi connectivity index (χ2n) is 8.24. The number of ether oxygens (including phenoxy) is 1. The number of benzene rings is 1. The number of rotatable bonds is 6. The van der Waals surface area contributed by atoms with Crippen molar-refractivity contribution in [3.63, 3.8) is 0 Å². The Morgan fingerprint density at radius 2 is 1.89 bits per heavy atom. The highest BCUT2D eigenvalue weighted by Crippen LogP contribution is 2.45. The number of methoxy groups -OCH3 is 1. The Balaban J connectivity index is 1.53. The Kier molecular flexibility index (Phi) is 6.53. The first-order chi connectivity index (χ1) is 13.0. The van der Waals surface area contributed by atoms with E-state index in [4.69, 9.17) is 4.74 Å². The van der Waals surface area contributed by atoms with Crippen LogP contribution in [0.15, 0.2) is 30.3 Å². The third-order valence-electron chi connectivity index (χ3n) is 6.34. The number of likely N-dealkylation sites (tertiary alicyclic amines) is 2. The predicted octanol–water partition coefficient (Wildman–Crippen LogP) is 3.06. The second-order valence-corrected chi connectivity index (χ2v) is 8.24. The molecule has 2 heterocycles. The molecule has 0 radical (unpaired) electrons. The van der Waals surface area contributed by atoms with Crippen molar-refractivity contribution < 1.29 is 14.3 Å². The van der Waals surface area contributed by atoms with Gasteiger partial charge in [0.1, 0.15) is 0 Å². The number of piperidine rings is 2. The van der Waals surface area contributed by atoms with Crippen LogP contribution < -0.4 is 0 Å². The first kappa shape index (κ1) is 19.9. The normalized spacial score (nSPS) is 22.8. The maximum Gasteiger partial charge on any atom is 0.305 e. The zero-order valence-electron chi connectivity index (χ0n) is 16.7. The fourth-order valence-corrected chi connectivity index (χ4v) is 4.70. The zero-order valence-corrected chi connectivity index (χ0v) is 16.7. The maximum absolute atomic E-state index is 12.7. The number of carbonyl (C=O) groups is 2. The minimum absolute atomic E-state index is 0.00319. The van der Waals surface area contributed by atoms with Gasteiger partial charge in [0.25, 0.3) is 0 Å². The summed E-state index contributed by atoms with van der Waals surface area (Å²) in [6, 6.07) is 10.2. The van der Waals surface area contributed by atoms with E-state index >= 15 is 0 Å². The van der Waals surface area contributed by atoms with Crippen LogP contribution in [-0.4, -0.2) is 62.0 Å². The van der Waals surface area contributed by atoms with Crippen LogP contribution in [0.4, 0.5) is 0 Å². The van der Waals surface area contributed by atoms with Gasteiger partial charge in [-0.2, -0.15) is 0 Å². The van der Waals surface area contributed by atoms with E-state index in [0.29, 0.717) is 6.42 Å². The topological polar surface area (TPSA) is 49.9 Å². The molecule has 1 aromatic carbocycles. The Morgan fingerprint density at radius 1 is 1.19 bits per heavy atom. The average molecular weight is 373 g/mol. The van der Waals surface area contributed by atoms with Gasteiger partial charge in [-0.05, 0) is 62.7 Å². The largest absolute Gasteiger partial charge is 0.469 e. The number of esters is 1. The molecule has 0 bridgehead atoms. The smallest absolute Gasteiger partial charge is 0.305 e. The van der Waals surface area contributed by atoms with E-state index < -0.39 is 0 Å². The zero-order chi connectivity index (χ0) is 19.3. The van der Waals surface area contributed by atoms with Crippen LogP contribution in [0.5, 0.6) is 0 Å². The van der Waals surface area contributed by atoms with Gasteiger partial charge in [0.2, 0.25) is 5.91 Å². The lowest BCUT2D eigenvalue weighted by Gasteiger charge is -2.49. The molecule has 1 aromatic rings. The van der Waals surface area contributed by atoms with Crippen molar-refractivity contribution in [3.05, 3.63) is 35.9 Å². The van der Waals surface area contributed by atoms with E-state index in [0.717, 1.165) is 63.8 Å². The van der Waals surface area contributed by atoms with Gasteiger partial charge < -0.3 is 14.5 Å². The highest BCUT2D eigenvalue weighted by molar-refractivity contribution is 5.84. The number of unbranched alkanes of at least 4 members (excludes halogenated alkanes) is 1. The molecule has 27 heavy (non-hydrogen) atoms. The molecule has 5 nitrogen and oxygen atoms in total. The highest BCUT2D eigenvalue weighted by Gasteiger charge is 2.44. The van der Waals surface area contributed by atoms with Crippen LogP contribution in [0, 0.1) is 5.41 Å². The lowest BCUT2D eigenvalue weighted by atomic mass is 9.67. The van der Waals surface area contributed by atoms with Crippen LogP contribution in [0.3, 0.4) is 0 Å². The number of nitrogens with zero attached hydrogens (tertiary/aromatic N) is 2. The lowest BCUT2D eigenvalue weighted by Crippen LogP contribution is -2.52. The third kappa shape index (κ3) is 4.89. The fourth-order valence-electron chi connectivity index (χ4n) is 4.70. The van der Waals surface area contributed by atoms with Gasteiger partial charge in [-0.1, -0.05) is 30.3 Å². The Hall–Kier alpha value is -1.88. The molecule has 0 N–H and O–H groups in total. The lowest BCUT2D eigenvalue weighted by molar-refractivity contribution is -0.141. The molecule has 3 rings (SSSR count). The minimum Gasteiger partial charge on any atom is -0.469 e. The molecule has 0 saturated carbocycles. The van der Waals surface area contributed by atoms with E-state index in [-0.39, 0.29) is 23.2 Å². The maximum atomic E-state index is 12.7. The Labute approximate surface area is 162 Å². The van der Waals surface area contributed by atoms with Gasteiger partial charge in [0.05, 0.1) is 13.0 Å². The number of amides is 1. The van der Waals surface area contributed by atoms with E-state index in [1.165, 1.54) is 7.11 Å². The van der Waals surface area contributed by atoms with E-state index in [9.17, 15) is 9.59 Å². The summed E-state index contributed by atoms with van der Waals surface area (Å²) in [5.74, 6) is 0.142. The molecule has 0 aliphatic carbocycles. The summed E-state index contributed by atoms with van der Waals surface area (Å²) in [7, 11) is 3.40. The first-order valence-corrected chi connectivity index (χ1v) is 10.1. The van der Waals surface area contributed by atoms with Crippen LogP contribution in [0.1, 0.15) is 50.0 Å². The van der Waals surface area contributed by atoms with Crippen molar-refractivity contribution >= 4 is 11.9 Å². The van der Waals surface area contributed by atoms with E-state index in [1.54, 1.807) is 0 Å². The van der Waals surface area contributed by atoms with Gasteiger partial charge >= 0.3 is 5.97 Å². The minimum atomic E-state index is -0.116. The number of hydrogen-bond acceptors (Lipinski definition) is 4. The van der Waals surface area contributed by atoms with Crippen molar-refractivity contribution in [1.29, 1.82) is 0 Å². The average Bonchev–Trinajstić information content (AvgIpc) is 2.70. The van der Waals surface area contributed by atoms with Crippen LogP contribution >= 0.6 is 0 Å². The SMILES string of the molecule is COC(=O)CCCCN1CCC2(CC1)C[C@H](c1ccccc1)C(=O)N(C)C2. The molecule has 2 saturated heterocycles. The van der Waals surface area contributed by atoms with Crippen molar-refractivity contribution in [2.24, 2.45) is 5.41 Å². The summed E-state index contributed by atoms with van der Waals surface area (Å²) in [4.78, 5) is 28.4. The molecule has 2 aliphatic rings. The van der Waals surface area contributed by atoms with E-state index in [1.807, 2.05) is 30.1 Å². The monoisotopic (exact) mass is 372 g/mol. The van der Waals surface area contributed by atoms with Crippen molar-refractivity contribution in [2.45, 2.75) is 44.4 Å². The van der Waals surface area contributed by atoms with Crippen molar-refractivity contribution in [1.82, 2.24) is 9.80 Å². The van der Waals surface area contributed by atoms with Gasteiger partial charge in [-0.15, -0.1) is 0 Å². The fraction of sp³-hybridized carbons (Fsp3) is 0.636. The van der Waals surface area contributed by atoms with Crippen molar-refractivity contribution in [2.75, 3.05) is 40.3 Å². The molecule has 0 unspecified atom stereocenters. The summed E-state index contributed by atoms with van der Waals surface area (Å²) in [5.41, 5.74) is 1.39. The summed E-state index contributed by atoms with van der Waals surface area (Å²) < 4.78 is 4.70. The Morgan fingerprint density at radius 3 is 2.56 bits per heavy atom. The van der Waals surface area contributed by atoms with Crippen LogP contribution in [0.2, 0.25) is 0 Å². The van der Waals surface area contributed by atoms with Gasteiger partial charge in [-0.3, -0.25) is 9.59 Å². The summed E-state index contributed by atoms with van der Waals surface area (Å²) >= 11 is 0. The van der Waals surface area contributed by atoms with Gasteiger partial charge in [0, 0.05) is 20.0 Å². The predicted molar refractivity (Wildman–Crippen MR) is 105 cm³/mol. The molecule has 148 valence electrons. The highest BCUT2D eigenvalue weighted by atomic mass is 16.5. The molecule has 1 spiro atoms. The second kappa shape index (κ2) is 8.87. The number of hydrogen-bond donors (Lipinski definition) is 0. The molecule has 2 aliphatic heterocycles. The van der Waals surface area contributed by atoms with Crippen LogP contribution in [-0.2, 0) is 14.3 Å². The molecule has 1 amide bonds. The Bertz CT molecular complexity index is 638. The first-order valence-electron chi connectivity index (χ1n) is 10.1. The quantitative estimate of drug-likeness (QED) is 0.569. The van der Waals surface area contributed by atoms with Crippen molar-refractivity contribution in [3.8, 4) is 0 Å². The molecule has 5 heteroatoms. The van der Waals surface area contributed by atoms with Crippen LogP contribution in [0.25, 0.3) is 0 Å². The summed E-state index contributed by atoms with van der Waals surface area (Å²) in [5, 5.41) is 0. The summed E-state index contributed by atoms with van der Waals surface area (Å²) in [6.45, 7) is 4.10. The number of carbonyl (C=O) groups excluding carboxylic acids is 2.